The van der Waals surface area contributed by atoms with Gasteiger partial charge >= 0.3 is 0 Å². The van der Waals surface area contributed by atoms with Gasteiger partial charge in [-0.3, -0.25) is 4.99 Å². The molecule has 0 spiro atoms. The van der Waals surface area contributed by atoms with Gasteiger partial charge in [0, 0.05) is 37.1 Å². The molecular formula is C21H26ClIN6. The fraction of sp³-hybridized carbons (Fsp3) is 0.286. The first kappa shape index (κ1) is 23.2. The van der Waals surface area contributed by atoms with E-state index in [2.05, 4.69) is 31.8 Å². The van der Waals surface area contributed by atoms with Crippen molar-refractivity contribution in [3.63, 3.8) is 0 Å². The summed E-state index contributed by atoms with van der Waals surface area (Å²) in [4.78, 5) is 8.79. The van der Waals surface area contributed by atoms with Crippen LogP contribution in [0.15, 0.2) is 53.7 Å². The highest BCUT2D eigenvalue weighted by Gasteiger charge is 2.05. The normalized spacial score (nSPS) is 11.1. The molecule has 2 heterocycles. The van der Waals surface area contributed by atoms with Gasteiger partial charge in [0.25, 0.3) is 0 Å². The second-order valence-electron chi connectivity index (χ2n) is 6.60. The van der Waals surface area contributed by atoms with E-state index in [9.17, 15) is 0 Å². The minimum Gasteiger partial charge on any atom is -0.356 e. The fourth-order valence-corrected chi connectivity index (χ4v) is 3.14. The molecule has 1 aromatic carbocycles. The van der Waals surface area contributed by atoms with E-state index in [1.54, 1.807) is 7.05 Å². The lowest BCUT2D eigenvalue weighted by Gasteiger charge is -2.12. The average molecular weight is 525 g/mol. The van der Waals surface area contributed by atoms with E-state index in [1.165, 1.54) is 5.56 Å². The summed E-state index contributed by atoms with van der Waals surface area (Å²) in [5.74, 6) is 1.57. The third kappa shape index (κ3) is 6.71. The van der Waals surface area contributed by atoms with Gasteiger partial charge in [-0.15, -0.1) is 24.0 Å². The van der Waals surface area contributed by atoms with Crippen LogP contribution in [-0.4, -0.2) is 34.3 Å². The van der Waals surface area contributed by atoms with Crippen molar-refractivity contribution in [1.29, 1.82) is 0 Å². The molecule has 0 amide bonds. The number of aromatic nitrogens is 3. The smallest absolute Gasteiger partial charge is 0.191 e. The minimum absolute atomic E-state index is 0. The molecule has 0 saturated carbocycles. The van der Waals surface area contributed by atoms with Gasteiger partial charge in [0.15, 0.2) is 11.8 Å². The molecule has 0 aliphatic heterocycles. The summed E-state index contributed by atoms with van der Waals surface area (Å²) in [6.45, 7) is 5.42. The monoisotopic (exact) mass is 524 g/mol. The molecule has 8 heteroatoms. The number of halogens is 2. The number of hydrogen-bond acceptors (Lipinski definition) is 3. The molecule has 29 heavy (non-hydrogen) atoms. The lowest BCUT2D eigenvalue weighted by molar-refractivity contribution is 0.784. The van der Waals surface area contributed by atoms with Gasteiger partial charge in [-0.25, -0.2) is 9.67 Å². The summed E-state index contributed by atoms with van der Waals surface area (Å²) in [5.41, 5.74) is 4.32. The Morgan fingerprint density at radius 2 is 1.93 bits per heavy atom. The van der Waals surface area contributed by atoms with Crippen LogP contribution in [0.4, 0.5) is 0 Å². The summed E-state index contributed by atoms with van der Waals surface area (Å²) in [6, 6.07) is 14.0. The lowest BCUT2D eigenvalue weighted by Crippen LogP contribution is -2.37. The Kier molecular flexibility index (Phi) is 8.91. The molecule has 0 fully saturated rings. The number of hydrogen-bond donors (Lipinski definition) is 2. The van der Waals surface area contributed by atoms with Crippen LogP contribution in [0.1, 0.15) is 22.5 Å². The summed E-state index contributed by atoms with van der Waals surface area (Å²) < 4.78 is 1.85. The molecule has 3 rings (SSSR count). The maximum atomic E-state index is 6.02. The molecule has 0 radical (unpaired) electrons. The predicted molar refractivity (Wildman–Crippen MR) is 130 cm³/mol. The molecule has 0 unspecified atom stereocenters. The van der Waals surface area contributed by atoms with Crippen molar-refractivity contribution in [2.24, 2.45) is 4.99 Å². The lowest BCUT2D eigenvalue weighted by atomic mass is 10.1. The topological polar surface area (TPSA) is 67.1 Å². The molecule has 0 aliphatic rings. The average Bonchev–Trinajstić information content (AvgIpc) is 3.03. The first-order chi connectivity index (χ1) is 13.5. The maximum absolute atomic E-state index is 6.02. The highest BCUT2D eigenvalue weighted by molar-refractivity contribution is 14.0. The second kappa shape index (κ2) is 11.2. The van der Waals surface area contributed by atoms with Gasteiger partial charge in [-0.2, -0.15) is 5.10 Å². The Morgan fingerprint density at radius 3 is 2.55 bits per heavy atom. The largest absolute Gasteiger partial charge is 0.356 e. The van der Waals surface area contributed by atoms with E-state index >= 15 is 0 Å². The van der Waals surface area contributed by atoms with Crippen molar-refractivity contribution in [1.82, 2.24) is 25.4 Å². The molecule has 2 aromatic heterocycles. The number of aryl methyl sites for hydroxylation is 2. The van der Waals surface area contributed by atoms with Crippen LogP contribution >= 0.6 is 35.6 Å². The van der Waals surface area contributed by atoms with Crippen molar-refractivity contribution in [2.75, 3.05) is 13.6 Å². The SMILES string of the molecule is CN=C(NCCc1cccc(Cl)c1)NCc1ccc(-n2nc(C)cc2C)nc1.I. The molecule has 0 saturated heterocycles. The standard InChI is InChI=1S/C21H25ClN6.HI/c1-15-11-16(2)28(27-15)20-8-7-18(13-25-20)14-26-21(23-3)24-10-9-17-5-4-6-19(22)12-17;/h4-8,11-13H,9-10,14H2,1-3H3,(H2,23,24,26);1H. The van der Waals surface area contributed by atoms with Gasteiger partial charge in [0.05, 0.1) is 5.69 Å². The first-order valence-electron chi connectivity index (χ1n) is 9.22. The van der Waals surface area contributed by atoms with Gasteiger partial charge in [0.2, 0.25) is 0 Å². The number of aliphatic imine (C=N–C) groups is 1. The highest BCUT2D eigenvalue weighted by atomic mass is 127. The van der Waals surface area contributed by atoms with E-state index in [1.807, 2.05) is 61.1 Å². The third-order valence-corrected chi connectivity index (χ3v) is 4.55. The Hall–Kier alpha value is -2.13. The number of pyridine rings is 1. The zero-order valence-corrected chi connectivity index (χ0v) is 19.9. The summed E-state index contributed by atoms with van der Waals surface area (Å²) >= 11 is 6.02. The minimum atomic E-state index is 0. The van der Waals surface area contributed by atoms with Crippen molar-refractivity contribution >= 4 is 41.5 Å². The van der Waals surface area contributed by atoms with Gasteiger partial charge in [-0.1, -0.05) is 29.8 Å². The Labute approximate surface area is 193 Å². The van der Waals surface area contributed by atoms with Crippen LogP contribution < -0.4 is 10.6 Å². The van der Waals surface area contributed by atoms with Gasteiger partial charge < -0.3 is 10.6 Å². The summed E-state index contributed by atoms with van der Waals surface area (Å²) in [7, 11) is 1.76. The van der Waals surface area contributed by atoms with Crippen LogP contribution in [0, 0.1) is 13.8 Å². The fourth-order valence-electron chi connectivity index (χ4n) is 2.93. The predicted octanol–water partition coefficient (Wildman–Crippen LogP) is 4.06. The third-order valence-electron chi connectivity index (χ3n) is 4.31. The molecule has 0 bridgehead atoms. The number of nitrogens with zero attached hydrogens (tertiary/aromatic N) is 4. The van der Waals surface area contributed by atoms with E-state index < -0.39 is 0 Å². The Morgan fingerprint density at radius 1 is 1.10 bits per heavy atom. The van der Waals surface area contributed by atoms with Crippen LogP contribution in [-0.2, 0) is 13.0 Å². The van der Waals surface area contributed by atoms with Crippen LogP contribution in [0.25, 0.3) is 5.82 Å². The molecule has 154 valence electrons. The zero-order valence-electron chi connectivity index (χ0n) is 16.8. The van der Waals surface area contributed by atoms with Gasteiger partial charge in [0.1, 0.15) is 0 Å². The van der Waals surface area contributed by atoms with E-state index in [4.69, 9.17) is 11.6 Å². The highest BCUT2D eigenvalue weighted by Crippen LogP contribution is 2.11. The van der Waals surface area contributed by atoms with Crippen molar-refractivity contribution < 1.29 is 0 Å². The van der Waals surface area contributed by atoms with E-state index in [0.717, 1.165) is 46.7 Å². The molecule has 0 atom stereocenters. The summed E-state index contributed by atoms with van der Waals surface area (Å²) in [6.07, 6.45) is 2.73. The number of guanidine groups is 1. The molecule has 3 aromatic rings. The van der Waals surface area contributed by atoms with Crippen LogP contribution in [0.3, 0.4) is 0 Å². The van der Waals surface area contributed by atoms with Crippen molar-refractivity contribution in [3.05, 3.63) is 76.2 Å². The first-order valence-corrected chi connectivity index (χ1v) is 9.60. The van der Waals surface area contributed by atoms with E-state index in [-0.39, 0.29) is 24.0 Å². The maximum Gasteiger partial charge on any atom is 0.191 e. The molecule has 2 N–H and O–H groups in total. The Bertz CT molecular complexity index is 952. The number of nitrogens with one attached hydrogen (secondary N) is 2. The van der Waals surface area contributed by atoms with Crippen molar-refractivity contribution in [3.8, 4) is 5.82 Å². The number of benzene rings is 1. The van der Waals surface area contributed by atoms with Crippen LogP contribution in [0.2, 0.25) is 5.02 Å². The quantitative estimate of drug-likeness (QED) is 0.290. The molecular weight excluding hydrogens is 499 g/mol. The number of rotatable bonds is 6. The Balaban J connectivity index is 0.00000300. The van der Waals surface area contributed by atoms with E-state index in [0.29, 0.717) is 6.54 Å². The summed E-state index contributed by atoms with van der Waals surface area (Å²) in [5, 5.41) is 11.8. The van der Waals surface area contributed by atoms with Crippen LogP contribution in [0.5, 0.6) is 0 Å². The van der Waals surface area contributed by atoms with Crippen molar-refractivity contribution in [2.45, 2.75) is 26.8 Å². The second-order valence-corrected chi connectivity index (χ2v) is 7.03. The molecule has 6 nitrogen and oxygen atoms in total. The zero-order chi connectivity index (χ0) is 19.9. The van der Waals surface area contributed by atoms with Gasteiger partial charge in [-0.05, 0) is 55.7 Å². The molecule has 0 aliphatic carbocycles.